The number of halogens is 3. The molecule has 0 radical (unpaired) electrons. The van der Waals surface area contributed by atoms with E-state index in [1.165, 1.54) is 23.9 Å². The number of alkyl halides is 3. The molecule has 7 nitrogen and oxygen atoms in total. The van der Waals surface area contributed by atoms with Crippen molar-refractivity contribution in [1.29, 1.82) is 0 Å². The molecular formula is C16H17F3N4O3S. The molecule has 0 aliphatic carbocycles. The average molecular weight is 402 g/mol. The quantitative estimate of drug-likeness (QED) is 0.806. The van der Waals surface area contributed by atoms with Gasteiger partial charge < -0.3 is 9.88 Å². The summed E-state index contributed by atoms with van der Waals surface area (Å²) < 4.78 is 67.1. The first kappa shape index (κ1) is 19.4. The van der Waals surface area contributed by atoms with E-state index in [4.69, 9.17) is 0 Å². The number of aryl methyl sites for hydroxylation is 1. The Labute approximate surface area is 153 Å². The summed E-state index contributed by atoms with van der Waals surface area (Å²) in [5, 5.41) is 2.39. The number of carbonyl (C=O) groups is 1. The fourth-order valence-electron chi connectivity index (χ4n) is 3.02. The Morgan fingerprint density at radius 3 is 2.78 bits per heavy atom. The number of nitrogens with zero attached hydrogens (tertiary/aromatic N) is 2. The number of hydrogen-bond acceptors (Lipinski definition) is 4. The molecule has 1 amide bonds. The molecule has 11 heteroatoms. The van der Waals surface area contributed by atoms with Crippen LogP contribution < -0.4 is 10.0 Å². The molecule has 3 heterocycles. The summed E-state index contributed by atoms with van der Waals surface area (Å²) in [6.45, 7) is 1.72. The number of carbonyl (C=O) groups excluding carboxylic acids is 1. The number of anilines is 1. The van der Waals surface area contributed by atoms with Crippen LogP contribution in [0.15, 0.2) is 29.4 Å². The molecule has 0 fully saturated rings. The maximum absolute atomic E-state index is 12.8. The summed E-state index contributed by atoms with van der Waals surface area (Å²) in [4.78, 5) is 15.9. The Morgan fingerprint density at radius 1 is 1.41 bits per heavy atom. The molecule has 3 rings (SSSR count). The topological polar surface area (TPSA) is 93.1 Å². The molecule has 27 heavy (non-hydrogen) atoms. The standard InChI is InChI=1S/C16H17F3N4O3S/c1-9-3-4-11-12(27(25,26)22-9)8-23(2)14(11)15(24)21-10-5-6-20-13(7-10)16(17,18)19/h5-9,22H,3-4H2,1-2H3,(H,20,21,24)/t9-/m0/s1. The Kier molecular flexibility index (Phi) is 4.76. The highest BCUT2D eigenvalue weighted by atomic mass is 32.2. The van der Waals surface area contributed by atoms with E-state index in [0.717, 1.165) is 12.3 Å². The van der Waals surface area contributed by atoms with E-state index in [9.17, 15) is 26.4 Å². The van der Waals surface area contributed by atoms with Gasteiger partial charge in [0.1, 0.15) is 16.3 Å². The zero-order valence-electron chi connectivity index (χ0n) is 14.5. The van der Waals surface area contributed by atoms with Crippen LogP contribution in [-0.4, -0.2) is 29.9 Å². The maximum atomic E-state index is 12.8. The number of hydrogen-bond donors (Lipinski definition) is 2. The first-order valence-electron chi connectivity index (χ1n) is 8.04. The summed E-state index contributed by atoms with van der Waals surface area (Å²) in [6, 6.07) is 1.66. The predicted octanol–water partition coefficient (Wildman–Crippen LogP) is 2.30. The first-order valence-corrected chi connectivity index (χ1v) is 9.52. The fourth-order valence-corrected chi connectivity index (χ4v) is 4.61. The zero-order valence-corrected chi connectivity index (χ0v) is 15.3. The van der Waals surface area contributed by atoms with Crippen molar-refractivity contribution >= 4 is 21.6 Å². The highest BCUT2D eigenvalue weighted by molar-refractivity contribution is 7.89. The molecular weight excluding hydrogens is 385 g/mol. The van der Waals surface area contributed by atoms with Gasteiger partial charge in [0.05, 0.1) is 0 Å². The summed E-state index contributed by atoms with van der Waals surface area (Å²) in [5.41, 5.74) is -0.779. The molecule has 1 aliphatic rings. The van der Waals surface area contributed by atoms with Crippen molar-refractivity contribution in [3.8, 4) is 0 Å². The van der Waals surface area contributed by atoms with Crippen LogP contribution in [0.5, 0.6) is 0 Å². The predicted molar refractivity (Wildman–Crippen MR) is 90.7 cm³/mol. The molecule has 2 aromatic rings. The van der Waals surface area contributed by atoms with Gasteiger partial charge >= 0.3 is 6.18 Å². The number of nitrogens with one attached hydrogen (secondary N) is 2. The van der Waals surface area contributed by atoms with Crippen LogP contribution >= 0.6 is 0 Å². The van der Waals surface area contributed by atoms with Crippen LogP contribution in [0, 0.1) is 0 Å². The largest absolute Gasteiger partial charge is 0.433 e. The number of rotatable bonds is 2. The van der Waals surface area contributed by atoms with Crippen molar-refractivity contribution in [3.63, 3.8) is 0 Å². The molecule has 0 aromatic carbocycles. The molecule has 0 saturated carbocycles. The molecule has 146 valence electrons. The molecule has 0 saturated heterocycles. The van der Waals surface area contributed by atoms with E-state index < -0.39 is 27.8 Å². The van der Waals surface area contributed by atoms with Gasteiger partial charge in [-0.15, -0.1) is 0 Å². The smallest absolute Gasteiger partial charge is 0.345 e. The van der Waals surface area contributed by atoms with Crippen LogP contribution in [0.3, 0.4) is 0 Å². The van der Waals surface area contributed by atoms with Gasteiger partial charge in [-0.25, -0.2) is 13.1 Å². The van der Waals surface area contributed by atoms with Gasteiger partial charge in [0.25, 0.3) is 5.91 Å². The Hall–Kier alpha value is -2.40. The number of amides is 1. The zero-order chi connectivity index (χ0) is 20.0. The van der Waals surface area contributed by atoms with Crippen LogP contribution in [-0.2, 0) is 29.7 Å². The Bertz CT molecular complexity index is 999. The lowest BCUT2D eigenvalue weighted by molar-refractivity contribution is -0.141. The van der Waals surface area contributed by atoms with Crippen LogP contribution in [0.2, 0.25) is 0 Å². The van der Waals surface area contributed by atoms with Crippen molar-refractivity contribution in [2.45, 2.75) is 36.9 Å². The van der Waals surface area contributed by atoms with E-state index in [1.807, 2.05) is 0 Å². The monoisotopic (exact) mass is 402 g/mol. The number of aromatic nitrogens is 2. The van der Waals surface area contributed by atoms with Crippen LogP contribution in [0.4, 0.5) is 18.9 Å². The third-order valence-corrected chi connectivity index (χ3v) is 5.89. The Balaban J connectivity index is 1.97. The van der Waals surface area contributed by atoms with E-state index in [1.54, 1.807) is 6.92 Å². The van der Waals surface area contributed by atoms with Gasteiger partial charge in [0.2, 0.25) is 10.0 Å². The molecule has 0 spiro atoms. The summed E-state index contributed by atoms with van der Waals surface area (Å²) in [7, 11) is -2.26. The lowest BCUT2D eigenvalue weighted by Crippen LogP contribution is -2.30. The number of sulfonamides is 1. The number of pyridine rings is 1. The third-order valence-electron chi connectivity index (χ3n) is 4.24. The number of fused-ring (bicyclic) bond motifs is 1. The van der Waals surface area contributed by atoms with Gasteiger partial charge in [-0.2, -0.15) is 13.2 Å². The molecule has 1 aliphatic heterocycles. The van der Waals surface area contributed by atoms with Gasteiger partial charge in [0.15, 0.2) is 0 Å². The van der Waals surface area contributed by atoms with Crippen molar-refractivity contribution in [2.24, 2.45) is 7.05 Å². The highest BCUT2D eigenvalue weighted by Gasteiger charge is 2.34. The fraction of sp³-hybridized carbons (Fsp3) is 0.375. The van der Waals surface area contributed by atoms with Gasteiger partial charge in [-0.1, -0.05) is 0 Å². The second kappa shape index (κ2) is 6.64. The first-order chi connectivity index (χ1) is 12.5. The summed E-state index contributed by atoms with van der Waals surface area (Å²) in [5.74, 6) is -0.692. The lowest BCUT2D eigenvalue weighted by atomic mass is 10.1. The lowest BCUT2D eigenvalue weighted by Gasteiger charge is -2.11. The summed E-state index contributed by atoms with van der Waals surface area (Å²) >= 11 is 0. The van der Waals surface area contributed by atoms with Crippen molar-refractivity contribution < 1.29 is 26.4 Å². The van der Waals surface area contributed by atoms with Crippen molar-refractivity contribution in [3.05, 3.63) is 41.5 Å². The third kappa shape index (κ3) is 3.83. The van der Waals surface area contributed by atoms with E-state index in [-0.39, 0.29) is 22.3 Å². The van der Waals surface area contributed by atoms with Crippen molar-refractivity contribution in [1.82, 2.24) is 14.3 Å². The molecule has 2 aromatic heterocycles. The van der Waals surface area contributed by atoms with Gasteiger partial charge in [0, 0.05) is 36.7 Å². The van der Waals surface area contributed by atoms with Gasteiger partial charge in [-0.3, -0.25) is 9.78 Å². The molecule has 1 atom stereocenters. The van der Waals surface area contributed by atoms with E-state index >= 15 is 0 Å². The molecule has 0 bridgehead atoms. The second-order valence-corrected chi connectivity index (χ2v) is 8.06. The van der Waals surface area contributed by atoms with Crippen molar-refractivity contribution in [2.75, 3.05) is 5.32 Å². The normalized spacial score (nSPS) is 19.2. The second-order valence-electron chi connectivity index (χ2n) is 6.37. The van der Waals surface area contributed by atoms with Crippen LogP contribution in [0.25, 0.3) is 0 Å². The van der Waals surface area contributed by atoms with Crippen LogP contribution in [0.1, 0.15) is 35.1 Å². The van der Waals surface area contributed by atoms with E-state index in [0.29, 0.717) is 18.4 Å². The highest BCUT2D eigenvalue weighted by Crippen LogP contribution is 2.30. The van der Waals surface area contributed by atoms with Gasteiger partial charge in [-0.05, 0) is 31.9 Å². The maximum Gasteiger partial charge on any atom is 0.433 e. The molecule has 2 N–H and O–H groups in total. The minimum atomic E-state index is -4.64. The molecule has 0 unspecified atom stereocenters. The minimum Gasteiger partial charge on any atom is -0.345 e. The van der Waals surface area contributed by atoms with E-state index in [2.05, 4.69) is 15.0 Å². The SMILES string of the molecule is C[C@H]1CCc2c(cn(C)c2C(=O)Nc2ccnc(C(F)(F)F)c2)S(=O)(=O)N1. The Morgan fingerprint density at radius 2 is 2.11 bits per heavy atom. The minimum absolute atomic E-state index is 0.00482. The summed E-state index contributed by atoms with van der Waals surface area (Å²) in [6.07, 6.45) is -1.53. The average Bonchev–Trinajstić information content (AvgIpc) is 2.84.